The number of nitrogens with zero attached hydrogens (tertiary/aromatic N) is 7. The van der Waals surface area contributed by atoms with Gasteiger partial charge in [-0.05, 0) is 93.6 Å². The first-order valence-corrected chi connectivity index (χ1v) is 14.6. The van der Waals surface area contributed by atoms with E-state index in [9.17, 15) is 4.39 Å². The molecular weight excluding hydrogens is 489 g/mol. The van der Waals surface area contributed by atoms with Gasteiger partial charge in [-0.1, -0.05) is 24.6 Å². The smallest absolute Gasteiger partial charge is 0.154 e. The van der Waals surface area contributed by atoms with Crippen LogP contribution in [0.25, 0.3) is 17.0 Å². The van der Waals surface area contributed by atoms with E-state index in [0.717, 1.165) is 66.7 Å². The zero-order valence-corrected chi connectivity index (χ0v) is 22.4. The summed E-state index contributed by atoms with van der Waals surface area (Å²) >= 11 is 0. The van der Waals surface area contributed by atoms with Crippen molar-refractivity contribution in [3.63, 3.8) is 0 Å². The minimum absolute atomic E-state index is 0.118. The van der Waals surface area contributed by atoms with Gasteiger partial charge in [0.15, 0.2) is 5.65 Å². The average molecular weight is 526 g/mol. The number of imidazole rings is 1. The molecule has 7 rings (SSSR count). The second-order valence-corrected chi connectivity index (χ2v) is 11.2. The highest BCUT2D eigenvalue weighted by Crippen LogP contribution is 2.36. The molecule has 0 bridgehead atoms. The van der Waals surface area contributed by atoms with E-state index < -0.39 is 0 Å². The van der Waals surface area contributed by atoms with Gasteiger partial charge in [0, 0.05) is 25.7 Å². The fraction of sp³-hybridized carbons (Fsp3) is 0.452. The molecule has 202 valence electrons. The maximum Gasteiger partial charge on any atom is 0.154 e. The molecule has 1 unspecified atom stereocenters. The summed E-state index contributed by atoms with van der Waals surface area (Å²) in [5, 5.41) is 5.02. The van der Waals surface area contributed by atoms with Crippen molar-refractivity contribution in [2.75, 3.05) is 42.5 Å². The molecule has 8 heteroatoms. The second kappa shape index (κ2) is 10.6. The van der Waals surface area contributed by atoms with Crippen LogP contribution in [0.15, 0.2) is 60.8 Å². The van der Waals surface area contributed by atoms with Gasteiger partial charge in [0.2, 0.25) is 0 Å². The van der Waals surface area contributed by atoms with Crippen molar-refractivity contribution in [1.29, 1.82) is 0 Å². The first kappa shape index (κ1) is 24.5. The number of anilines is 2. The quantitative estimate of drug-likeness (QED) is 0.332. The number of hydrogen-bond donors (Lipinski definition) is 0. The van der Waals surface area contributed by atoms with Crippen LogP contribution < -0.4 is 9.80 Å². The average Bonchev–Trinajstić information content (AvgIpc) is 3.65. The number of aromatic nitrogens is 4. The van der Waals surface area contributed by atoms with Crippen LogP contribution in [0.5, 0.6) is 0 Å². The molecule has 0 aliphatic carbocycles. The third-order valence-corrected chi connectivity index (χ3v) is 8.82. The van der Waals surface area contributed by atoms with Crippen LogP contribution in [0.4, 0.5) is 16.0 Å². The monoisotopic (exact) mass is 525 g/mol. The Morgan fingerprint density at radius 1 is 0.769 bits per heavy atom. The number of halogens is 1. The lowest BCUT2D eigenvalue weighted by molar-refractivity contribution is 0.141. The van der Waals surface area contributed by atoms with Gasteiger partial charge >= 0.3 is 0 Å². The minimum Gasteiger partial charge on any atom is -0.356 e. The molecule has 7 nitrogen and oxygen atoms in total. The molecular formula is C31H36FN7. The normalized spacial score (nSPS) is 21.2. The van der Waals surface area contributed by atoms with E-state index in [4.69, 9.17) is 10.1 Å². The molecule has 0 N–H and O–H groups in total. The largest absolute Gasteiger partial charge is 0.356 e. The van der Waals surface area contributed by atoms with Crippen LogP contribution in [0.1, 0.15) is 56.6 Å². The number of hydrogen-bond acceptors (Lipinski definition) is 6. The van der Waals surface area contributed by atoms with Gasteiger partial charge in [0.05, 0.1) is 17.9 Å². The van der Waals surface area contributed by atoms with E-state index in [1.165, 1.54) is 51.3 Å². The maximum absolute atomic E-state index is 14.0. The summed E-state index contributed by atoms with van der Waals surface area (Å²) in [6.45, 7) is 5.52. The topological polar surface area (TPSA) is 52.8 Å². The van der Waals surface area contributed by atoms with Crippen molar-refractivity contribution in [3.05, 3.63) is 72.2 Å². The molecule has 3 aromatic heterocycles. The maximum atomic E-state index is 14.0. The predicted octanol–water partition coefficient (Wildman–Crippen LogP) is 5.73. The van der Waals surface area contributed by atoms with Crippen LogP contribution in [0.3, 0.4) is 0 Å². The molecule has 3 fully saturated rings. The van der Waals surface area contributed by atoms with E-state index >= 15 is 0 Å². The number of fused-ring (bicyclic) bond motifs is 1. The van der Waals surface area contributed by atoms with Crippen molar-refractivity contribution in [1.82, 2.24) is 24.5 Å². The molecule has 0 saturated carbocycles. The van der Waals surface area contributed by atoms with Crippen molar-refractivity contribution < 1.29 is 4.39 Å². The summed E-state index contributed by atoms with van der Waals surface area (Å²) in [6.07, 6.45) is 10.4. The number of piperidine rings is 2. The highest BCUT2D eigenvalue weighted by atomic mass is 19.1. The summed E-state index contributed by atoms with van der Waals surface area (Å²) < 4.78 is 15.9. The van der Waals surface area contributed by atoms with E-state index in [-0.39, 0.29) is 11.9 Å². The molecule has 1 atom stereocenters. The van der Waals surface area contributed by atoms with Gasteiger partial charge in [0.25, 0.3) is 0 Å². The number of likely N-dealkylation sites (tertiary alicyclic amines) is 1. The predicted molar refractivity (Wildman–Crippen MR) is 153 cm³/mol. The minimum atomic E-state index is -0.193. The Hall–Kier alpha value is -3.52. The molecule has 0 spiro atoms. The first-order chi connectivity index (χ1) is 19.2. The Morgan fingerprint density at radius 2 is 1.62 bits per heavy atom. The molecule has 0 amide bonds. The van der Waals surface area contributed by atoms with Crippen LogP contribution in [-0.4, -0.2) is 63.2 Å². The molecule has 39 heavy (non-hydrogen) atoms. The lowest BCUT2D eigenvalue weighted by Crippen LogP contribution is -2.46. The molecule has 0 radical (unpaired) electrons. The van der Waals surface area contributed by atoms with E-state index in [0.29, 0.717) is 6.04 Å². The highest BCUT2D eigenvalue weighted by molar-refractivity contribution is 5.62. The highest BCUT2D eigenvalue weighted by Gasteiger charge is 2.29. The van der Waals surface area contributed by atoms with Crippen LogP contribution in [0, 0.1) is 5.82 Å². The molecule has 3 aliphatic heterocycles. The zero-order valence-electron chi connectivity index (χ0n) is 22.4. The van der Waals surface area contributed by atoms with Crippen LogP contribution in [0.2, 0.25) is 0 Å². The lowest BCUT2D eigenvalue weighted by atomic mass is 10.00. The van der Waals surface area contributed by atoms with Gasteiger partial charge in [-0.2, -0.15) is 0 Å². The fourth-order valence-corrected chi connectivity index (χ4v) is 6.78. The third kappa shape index (κ3) is 4.86. The third-order valence-electron chi connectivity index (χ3n) is 8.82. The van der Waals surface area contributed by atoms with Crippen LogP contribution in [-0.2, 0) is 0 Å². The Morgan fingerprint density at radius 3 is 2.46 bits per heavy atom. The zero-order chi connectivity index (χ0) is 26.2. The van der Waals surface area contributed by atoms with Gasteiger partial charge < -0.3 is 14.7 Å². The molecule has 1 aromatic carbocycles. The summed E-state index contributed by atoms with van der Waals surface area (Å²) in [5.74, 6) is 1.71. The summed E-state index contributed by atoms with van der Waals surface area (Å²) in [4.78, 5) is 17.1. The first-order valence-electron chi connectivity index (χ1n) is 14.6. The Kier molecular flexibility index (Phi) is 6.64. The van der Waals surface area contributed by atoms with Gasteiger partial charge in [0.1, 0.15) is 23.1 Å². The van der Waals surface area contributed by atoms with Crippen molar-refractivity contribution >= 4 is 17.3 Å². The standard InChI is InChI=1S/C31H36FN7/c32-24-8-4-7-23(21-24)27-10-6-18-38(27)31-13-12-29-33-22-28(39(29)35-31)26-9-5-11-30(34-26)37-19-14-25(15-20-37)36-16-2-1-3-17-36/h4-5,7-9,11-13,21-22,25,27H,1-3,6,10,14-20H2. The van der Waals surface area contributed by atoms with Gasteiger partial charge in [-0.15, -0.1) is 5.10 Å². The van der Waals surface area contributed by atoms with E-state index in [2.05, 4.69) is 31.8 Å². The second-order valence-electron chi connectivity index (χ2n) is 11.2. The molecule has 3 saturated heterocycles. The Bertz CT molecular complexity index is 1440. The van der Waals surface area contributed by atoms with Gasteiger partial charge in [-0.25, -0.2) is 18.9 Å². The number of benzene rings is 1. The summed E-state index contributed by atoms with van der Waals surface area (Å²) in [7, 11) is 0. The number of pyridine rings is 1. The van der Waals surface area contributed by atoms with Crippen LogP contribution >= 0.6 is 0 Å². The lowest BCUT2D eigenvalue weighted by Gasteiger charge is -2.40. The SMILES string of the molecule is Fc1cccc(C2CCCN2c2ccc3ncc(-c4cccc(N5CCC(N6CCCCC6)CC5)n4)n3n2)c1. The molecule has 4 aromatic rings. The summed E-state index contributed by atoms with van der Waals surface area (Å²) in [6, 6.07) is 18.1. The Balaban J connectivity index is 1.13. The van der Waals surface area contributed by atoms with E-state index in [1.54, 1.807) is 12.1 Å². The molecule has 6 heterocycles. The molecule has 3 aliphatic rings. The Labute approximate surface area is 229 Å². The van der Waals surface area contributed by atoms with Crippen molar-refractivity contribution in [2.24, 2.45) is 0 Å². The summed E-state index contributed by atoms with van der Waals surface area (Å²) in [5.41, 5.74) is 3.56. The fourth-order valence-electron chi connectivity index (χ4n) is 6.78. The number of rotatable bonds is 5. The van der Waals surface area contributed by atoms with Gasteiger partial charge in [-0.3, -0.25) is 0 Å². The van der Waals surface area contributed by atoms with Crippen molar-refractivity contribution in [3.8, 4) is 11.4 Å². The van der Waals surface area contributed by atoms with E-state index in [1.807, 2.05) is 35.0 Å². The van der Waals surface area contributed by atoms with Crippen molar-refractivity contribution in [2.45, 2.75) is 57.0 Å².